The Labute approximate surface area is 155 Å². The van der Waals surface area contributed by atoms with Crippen LogP contribution in [0.5, 0.6) is 5.75 Å². The fourth-order valence-corrected chi connectivity index (χ4v) is 3.64. The summed E-state index contributed by atoms with van der Waals surface area (Å²) in [7, 11) is 1.44. The van der Waals surface area contributed by atoms with Crippen LogP contribution in [0.25, 0.3) is 5.65 Å². The van der Waals surface area contributed by atoms with E-state index in [2.05, 4.69) is 10.3 Å². The predicted molar refractivity (Wildman–Crippen MR) is 98.2 cm³/mol. The standard InChI is InChI=1S/C20H19N3O4/c1-11-5-6-23-17(7-11)22-15-10-21-18(24)9-13(19(15)23)12-3-4-16(27-2)14(8-12)20(25)26/h3-8,13H,9-10H2,1-2H3,(H,21,24)(H,25,26). The average Bonchev–Trinajstić information content (AvgIpc) is 2.92. The van der Waals surface area contributed by atoms with Crippen molar-refractivity contribution < 1.29 is 19.4 Å². The molecule has 1 amide bonds. The van der Waals surface area contributed by atoms with Gasteiger partial charge >= 0.3 is 5.97 Å². The minimum absolute atomic E-state index is 0.0749. The molecule has 1 atom stereocenters. The smallest absolute Gasteiger partial charge is 0.339 e. The molecular weight excluding hydrogens is 346 g/mol. The van der Waals surface area contributed by atoms with E-state index in [1.165, 1.54) is 7.11 Å². The molecule has 3 aromatic rings. The van der Waals surface area contributed by atoms with Crippen LogP contribution in [0.4, 0.5) is 0 Å². The third-order valence-corrected chi connectivity index (χ3v) is 4.92. The number of benzene rings is 1. The number of carbonyl (C=O) groups excluding carboxylic acids is 1. The van der Waals surface area contributed by atoms with E-state index in [9.17, 15) is 14.7 Å². The third kappa shape index (κ3) is 2.91. The summed E-state index contributed by atoms with van der Waals surface area (Å²) in [5, 5.41) is 12.4. The van der Waals surface area contributed by atoms with Crippen molar-refractivity contribution in [2.45, 2.75) is 25.8 Å². The first kappa shape index (κ1) is 17.1. The molecule has 27 heavy (non-hydrogen) atoms. The number of aryl methyl sites for hydroxylation is 1. The maximum absolute atomic E-state index is 12.3. The number of aromatic nitrogens is 2. The third-order valence-electron chi connectivity index (χ3n) is 4.92. The molecule has 0 fully saturated rings. The van der Waals surface area contributed by atoms with Crippen molar-refractivity contribution in [2.75, 3.05) is 7.11 Å². The van der Waals surface area contributed by atoms with Crippen LogP contribution >= 0.6 is 0 Å². The van der Waals surface area contributed by atoms with E-state index < -0.39 is 5.97 Å². The lowest BCUT2D eigenvalue weighted by Crippen LogP contribution is -2.21. The number of carboxylic acid groups (broad SMARTS) is 1. The monoisotopic (exact) mass is 365 g/mol. The Morgan fingerprint density at radius 3 is 2.89 bits per heavy atom. The highest BCUT2D eigenvalue weighted by molar-refractivity contribution is 5.91. The van der Waals surface area contributed by atoms with Gasteiger partial charge in [0.05, 0.1) is 25.0 Å². The topological polar surface area (TPSA) is 92.9 Å². The molecule has 1 aromatic carbocycles. The van der Waals surface area contributed by atoms with E-state index >= 15 is 0 Å². The van der Waals surface area contributed by atoms with Gasteiger partial charge in [-0.25, -0.2) is 9.78 Å². The van der Waals surface area contributed by atoms with Crippen LogP contribution in [0, 0.1) is 6.92 Å². The lowest BCUT2D eigenvalue weighted by atomic mass is 9.90. The quantitative estimate of drug-likeness (QED) is 0.744. The molecule has 1 unspecified atom stereocenters. The van der Waals surface area contributed by atoms with Crippen molar-refractivity contribution in [2.24, 2.45) is 0 Å². The van der Waals surface area contributed by atoms with Gasteiger partial charge in [-0.05, 0) is 42.3 Å². The number of pyridine rings is 1. The molecule has 1 aliphatic rings. The Balaban J connectivity index is 1.92. The van der Waals surface area contributed by atoms with Gasteiger partial charge in [-0.3, -0.25) is 4.79 Å². The molecule has 4 rings (SSSR count). The van der Waals surface area contributed by atoms with Gasteiger partial charge < -0.3 is 19.6 Å². The Hall–Kier alpha value is -3.35. The molecule has 0 spiro atoms. The van der Waals surface area contributed by atoms with Crippen molar-refractivity contribution in [3.63, 3.8) is 0 Å². The number of carbonyl (C=O) groups is 2. The zero-order chi connectivity index (χ0) is 19.1. The first-order chi connectivity index (χ1) is 13.0. The molecule has 7 heteroatoms. The summed E-state index contributed by atoms with van der Waals surface area (Å²) in [4.78, 5) is 28.6. The average molecular weight is 365 g/mol. The SMILES string of the molecule is COc1ccc(C2CC(=O)NCc3nc4cc(C)ccn4c32)cc1C(=O)O. The Bertz CT molecular complexity index is 1070. The number of hydrogen-bond acceptors (Lipinski definition) is 4. The van der Waals surface area contributed by atoms with Crippen LogP contribution in [0.15, 0.2) is 36.5 Å². The number of methoxy groups -OCH3 is 1. The lowest BCUT2D eigenvalue weighted by Gasteiger charge is -2.17. The molecule has 0 aliphatic carbocycles. The summed E-state index contributed by atoms with van der Waals surface area (Å²) in [5.41, 5.74) is 4.43. The van der Waals surface area contributed by atoms with Crippen LogP contribution < -0.4 is 10.1 Å². The Kier molecular flexibility index (Phi) is 4.07. The Morgan fingerprint density at radius 2 is 2.15 bits per heavy atom. The number of nitrogens with zero attached hydrogens (tertiary/aromatic N) is 2. The predicted octanol–water partition coefficient (Wildman–Crippen LogP) is 2.50. The van der Waals surface area contributed by atoms with Gasteiger partial charge in [0.25, 0.3) is 0 Å². The second-order valence-electron chi connectivity index (χ2n) is 6.67. The number of fused-ring (bicyclic) bond motifs is 3. The van der Waals surface area contributed by atoms with Crippen molar-refractivity contribution in [1.82, 2.24) is 14.7 Å². The number of aromatic carboxylic acids is 1. The summed E-state index contributed by atoms with van der Waals surface area (Å²) in [6.45, 7) is 2.36. The molecular formula is C20H19N3O4. The molecule has 0 saturated heterocycles. The van der Waals surface area contributed by atoms with E-state index in [-0.39, 0.29) is 23.8 Å². The zero-order valence-electron chi connectivity index (χ0n) is 15.0. The lowest BCUT2D eigenvalue weighted by molar-refractivity contribution is -0.121. The fourth-order valence-electron chi connectivity index (χ4n) is 3.64. The molecule has 2 aromatic heterocycles. The van der Waals surface area contributed by atoms with Crippen molar-refractivity contribution in [1.29, 1.82) is 0 Å². The molecule has 1 aliphatic heterocycles. The van der Waals surface area contributed by atoms with Crippen LogP contribution in [0.1, 0.15) is 45.2 Å². The number of carboxylic acids is 1. The van der Waals surface area contributed by atoms with Gasteiger partial charge in [-0.2, -0.15) is 0 Å². The molecule has 138 valence electrons. The highest BCUT2D eigenvalue weighted by Gasteiger charge is 2.29. The second-order valence-corrected chi connectivity index (χ2v) is 6.67. The number of hydrogen-bond donors (Lipinski definition) is 2. The van der Waals surface area contributed by atoms with Gasteiger partial charge in [-0.1, -0.05) is 6.07 Å². The molecule has 0 bridgehead atoms. The minimum atomic E-state index is -1.07. The van der Waals surface area contributed by atoms with Gasteiger partial charge in [0.15, 0.2) is 0 Å². The summed E-state index contributed by atoms with van der Waals surface area (Å²) in [6.07, 6.45) is 2.17. The largest absolute Gasteiger partial charge is 0.496 e. The van der Waals surface area contributed by atoms with Gasteiger partial charge in [0, 0.05) is 18.5 Å². The summed E-state index contributed by atoms with van der Waals surface area (Å²) >= 11 is 0. The number of ether oxygens (including phenoxy) is 1. The number of rotatable bonds is 3. The first-order valence-electron chi connectivity index (χ1n) is 8.63. The van der Waals surface area contributed by atoms with Crippen molar-refractivity contribution in [3.05, 3.63) is 64.6 Å². The maximum Gasteiger partial charge on any atom is 0.339 e. The van der Waals surface area contributed by atoms with Crippen LogP contribution in [0.2, 0.25) is 0 Å². The van der Waals surface area contributed by atoms with Crippen LogP contribution in [0.3, 0.4) is 0 Å². The van der Waals surface area contributed by atoms with Crippen LogP contribution in [-0.2, 0) is 11.3 Å². The van der Waals surface area contributed by atoms with E-state index in [4.69, 9.17) is 4.74 Å². The summed E-state index contributed by atoms with van der Waals surface area (Å²) < 4.78 is 7.14. The summed E-state index contributed by atoms with van der Waals surface area (Å²) in [6, 6.07) is 9.01. The number of amides is 1. The molecule has 0 radical (unpaired) electrons. The van der Waals surface area contributed by atoms with E-state index in [0.29, 0.717) is 12.3 Å². The molecule has 7 nitrogen and oxygen atoms in total. The zero-order valence-corrected chi connectivity index (χ0v) is 15.0. The van der Waals surface area contributed by atoms with Gasteiger partial charge in [0.2, 0.25) is 5.91 Å². The molecule has 2 N–H and O–H groups in total. The van der Waals surface area contributed by atoms with Crippen molar-refractivity contribution >= 4 is 17.5 Å². The highest BCUT2D eigenvalue weighted by Crippen LogP contribution is 2.35. The van der Waals surface area contributed by atoms with Gasteiger partial charge in [-0.15, -0.1) is 0 Å². The van der Waals surface area contributed by atoms with Crippen LogP contribution in [-0.4, -0.2) is 33.5 Å². The fraction of sp³-hybridized carbons (Fsp3) is 0.250. The molecule has 3 heterocycles. The van der Waals surface area contributed by atoms with E-state index in [1.54, 1.807) is 12.1 Å². The number of nitrogens with one attached hydrogen (secondary N) is 1. The number of imidazole rings is 1. The van der Waals surface area contributed by atoms with Gasteiger partial charge in [0.1, 0.15) is 17.0 Å². The van der Waals surface area contributed by atoms with E-state index in [0.717, 1.165) is 28.2 Å². The normalized spacial score (nSPS) is 16.5. The van der Waals surface area contributed by atoms with E-state index in [1.807, 2.05) is 35.7 Å². The highest BCUT2D eigenvalue weighted by atomic mass is 16.5. The van der Waals surface area contributed by atoms with Crippen molar-refractivity contribution in [3.8, 4) is 5.75 Å². The second kappa shape index (κ2) is 6.42. The first-order valence-corrected chi connectivity index (χ1v) is 8.63. The Morgan fingerprint density at radius 1 is 1.33 bits per heavy atom. The maximum atomic E-state index is 12.3. The molecule has 0 saturated carbocycles. The minimum Gasteiger partial charge on any atom is -0.496 e. The summed E-state index contributed by atoms with van der Waals surface area (Å²) in [5.74, 6) is -1.17.